The number of nitrogens with two attached hydrogens (primary N) is 1. The molecule has 0 saturated heterocycles. The second-order valence-electron chi connectivity index (χ2n) is 4.66. The summed E-state index contributed by atoms with van der Waals surface area (Å²) in [6, 6.07) is 3.25. The van der Waals surface area contributed by atoms with Crippen molar-refractivity contribution < 1.29 is 19.6 Å². The molecule has 1 aromatic rings. The molecule has 120 valence electrons. The van der Waals surface area contributed by atoms with E-state index in [1.54, 1.807) is 13.0 Å². The number of carbonyl (C=O) groups is 2. The fraction of sp³-hybridized carbons (Fsp3) is 0.385. The van der Waals surface area contributed by atoms with Crippen molar-refractivity contribution in [3.05, 3.63) is 33.9 Å². The number of hydrogen-bond acceptors (Lipinski definition) is 6. The van der Waals surface area contributed by atoms with Crippen LogP contribution in [0.25, 0.3) is 0 Å². The number of nitrogens with zero attached hydrogens (tertiary/aromatic N) is 1. The Labute approximate surface area is 126 Å². The average Bonchev–Trinajstić information content (AvgIpc) is 2.44. The Hall–Kier alpha value is -2.52. The molecule has 0 heterocycles. The third-order valence-electron chi connectivity index (χ3n) is 2.85. The van der Waals surface area contributed by atoms with E-state index in [4.69, 9.17) is 10.8 Å². The lowest BCUT2D eigenvalue weighted by atomic mass is 10.1. The lowest BCUT2D eigenvalue weighted by Gasteiger charge is -2.13. The van der Waals surface area contributed by atoms with Gasteiger partial charge in [0.15, 0.2) is 0 Å². The smallest absolute Gasteiger partial charge is 0.321 e. The summed E-state index contributed by atoms with van der Waals surface area (Å²) < 4.78 is 0. The van der Waals surface area contributed by atoms with Gasteiger partial charge in [0.1, 0.15) is 11.7 Å². The monoisotopic (exact) mass is 310 g/mol. The maximum Gasteiger partial charge on any atom is 0.321 e. The second kappa shape index (κ2) is 8.05. The minimum atomic E-state index is -1.19. The highest BCUT2D eigenvalue weighted by molar-refractivity contribution is 5.95. The molecule has 0 saturated carbocycles. The summed E-state index contributed by atoms with van der Waals surface area (Å²) in [5.41, 5.74) is 5.74. The van der Waals surface area contributed by atoms with E-state index in [0.717, 1.165) is 0 Å². The lowest BCUT2D eigenvalue weighted by molar-refractivity contribution is -0.384. The van der Waals surface area contributed by atoms with Crippen molar-refractivity contribution in [2.75, 3.05) is 18.4 Å². The molecule has 1 amide bonds. The molecule has 1 rings (SSSR count). The van der Waals surface area contributed by atoms with Crippen molar-refractivity contribution in [1.29, 1.82) is 0 Å². The number of nitro benzene ring substituents is 1. The molecule has 22 heavy (non-hydrogen) atoms. The molecular formula is C13H18N4O5. The summed E-state index contributed by atoms with van der Waals surface area (Å²) in [7, 11) is 0. The number of aliphatic carboxylic acids is 1. The number of carboxylic acid groups (broad SMARTS) is 1. The first-order valence-electron chi connectivity index (χ1n) is 6.56. The highest BCUT2D eigenvalue weighted by atomic mass is 16.6. The molecule has 0 aliphatic carbocycles. The van der Waals surface area contributed by atoms with Crippen molar-refractivity contribution in [2.45, 2.75) is 19.4 Å². The first-order chi connectivity index (χ1) is 10.3. The summed E-state index contributed by atoms with van der Waals surface area (Å²) in [5.74, 6) is -1.83. The molecule has 9 heteroatoms. The molecule has 0 fully saturated rings. The zero-order valence-electron chi connectivity index (χ0n) is 12.0. The Bertz CT molecular complexity index is 576. The van der Waals surface area contributed by atoms with Crippen LogP contribution in [0.3, 0.4) is 0 Å². The number of nitro groups is 1. The van der Waals surface area contributed by atoms with E-state index in [1.807, 2.05) is 0 Å². The van der Waals surface area contributed by atoms with E-state index in [9.17, 15) is 19.7 Å². The van der Waals surface area contributed by atoms with Gasteiger partial charge in [0.25, 0.3) is 5.69 Å². The van der Waals surface area contributed by atoms with Gasteiger partial charge >= 0.3 is 5.97 Å². The van der Waals surface area contributed by atoms with Crippen molar-refractivity contribution in [3.8, 4) is 0 Å². The number of carbonyl (C=O) groups excluding carboxylic acids is 1. The Morgan fingerprint density at radius 3 is 2.68 bits per heavy atom. The van der Waals surface area contributed by atoms with Gasteiger partial charge in [-0.15, -0.1) is 0 Å². The number of carboxylic acids is 1. The largest absolute Gasteiger partial charge is 0.480 e. The quantitative estimate of drug-likeness (QED) is 0.397. The molecule has 0 radical (unpaired) electrons. The van der Waals surface area contributed by atoms with Crippen LogP contribution in [0.5, 0.6) is 0 Å². The molecule has 9 nitrogen and oxygen atoms in total. The van der Waals surface area contributed by atoms with Crippen LogP contribution in [-0.2, 0) is 9.59 Å². The number of hydrogen-bond donors (Lipinski definition) is 4. The van der Waals surface area contributed by atoms with Gasteiger partial charge in [-0.2, -0.15) is 0 Å². The third-order valence-corrected chi connectivity index (χ3v) is 2.85. The van der Waals surface area contributed by atoms with Gasteiger partial charge in [0, 0.05) is 19.2 Å². The van der Waals surface area contributed by atoms with E-state index in [0.29, 0.717) is 5.56 Å². The predicted molar refractivity (Wildman–Crippen MR) is 79.6 cm³/mol. The molecule has 0 unspecified atom stereocenters. The normalized spacial score (nSPS) is 11.7. The van der Waals surface area contributed by atoms with E-state index in [-0.39, 0.29) is 30.9 Å². The molecule has 0 aromatic heterocycles. The van der Waals surface area contributed by atoms with E-state index < -0.39 is 22.8 Å². The van der Waals surface area contributed by atoms with Crippen molar-refractivity contribution >= 4 is 23.3 Å². The van der Waals surface area contributed by atoms with Gasteiger partial charge in [-0.1, -0.05) is 6.07 Å². The Morgan fingerprint density at radius 2 is 2.14 bits per heavy atom. The number of nitrogens with one attached hydrogen (secondary N) is 2. The Kier molecular flexibility index (Phi) is 6.42. The fourth-order valence-corrected chi connectivity index (χ4v) is 1.79. The van der Waals surface area contributed by atoms with Crippen LogP contribution in [0.2, 0.25) is 0 Å². The SMILES string of the molecule is Cc1ccc(NC(=O)C[C@@H](NCCN)C(=O)O)c([N+](=O)[O-])c1. The zero-order chi connectivity index (χ0) is 16.7. The summed E-state index contributed by atoms with van der Waals surface area (Å²) in [4.78, 5) is 33.3. The molecule has 0 spiro atoms. The van der Waals surface area contributed by atoms with Crippen molar-refractivity contribution in [3.63, 3.8) is 0 Å². The number of rotatable bonds is 8. The van der Waals surface area contributed by atoms with Gasteiger partial charge in [-0.05, 0) is 18.6 Å². The number of amides is 1. The molecule has 1 atom stereocenters. The Balaban J connectivity index is 2.80. The topological polar surface area (TPSA) is 148 Å². The van der Waals surface area contributed by atoms with Gasteiger partial charge in [-0.3, -0.25) is 19.7 Å². The van der Waals surface area contributed by atoms with Crippen molar-refractivity contribution in [1.82, 2.24) is 5.32 Å². The van der Waals surface area contributed by atoms with Crippen LogP contribution in [0.4, 0.5) is 11.4 Å². The summed E-state index contributed by atoms with van der Waals surface area (Å²) in [6.45, 7) is 2.17. The minimum Gasteiger partial charge on any atom is -0.480 e. The van der Waals surface area contributed by atoms with Crippen molar-refractivity contribution in [2.24, 2.45) is 5.73 Å². The minimum absolute atomic E-state index is 0.0311. The molecule has 0 bridgehead atoms. The van der Waals surface area contributed by atoms with Crippen LogP contribution in [0, 0.1) is 17.0 Å². The molecule has 5 N–H and O–H groups in total. The standard InChI is InChI=1S/C13H18N4O5/c1-8-2-3-9(11(6-8)17(21)22)16-12(18)7-10(13(19)20)15-5-4-14/h2-3,6,10,15H,4-5,7,14H2,1H3,(H,16,18)(H,19,20)/t10-/m1/s1. The third kappa shape index (κ3) is 5.11. The number of benzene rings is 1. The Morgan fingerprint density at radius 1 is 1.45 bits per heavy atom. The maximum absolute atomic E-state index is 11.9. The van der Waals surface area contributed by atoms with Crippen LogP contribution >= 0.6 is 0 Å². The van der Waals surface area contributed by atoms with E-state index in [1.165, 1.54) is 12.1 Å². The maximum atomic E-state index is 11.9. The van der Waals surface area contributed by atoms with Crippen LogP contribution in [0.1, 0.15) is 12.0 Å². The molecular weight excluding hydrogens is 292 g/mol. The number of anilines is 1. The molecule has 1 aromatic carbocycles. The van der Waals surface area contributed by atoms with Crippen LogP contribution in [-0.4, -0.2) is 41.0 Å². The average molecular weight is 310 g/mol. The zero-order valence-corrected chi connectivity index (χ0v) is 12.0. The highest BCUT2D eigenvalue weighted by Crippen LogP contribution is 2.25. The van der Waals surface area contributed by atoms with Crippen LogP contribution in [0.15, 0.2) is 18.2 Å². The fourth-order valence-electron chi connectivity index (χ4n) is 1.79. The predicted octanol–water partition coefficient (Wildman–Crippen LogP) is 0.233. The van der Waals surface area contributed by atoms with Gasteiger partial charge in [-0.25, -0.2) is 0 Å². The van der Waals surface area contributed by atoms with Crippen LogP contribution < -0.4 is 16.4 Å². The summed E-state index contributed by atoms with van der Waals surface area (Å²) in [6.07, 6.45) is -0.361. The lowest BCUT2D eigenvalue weighted by Crippen LogP contribution is -2.41. The number of aryl methyl sites for hydroxylation is 1. The second-order valence-corrected chi connectivity index (χ2v) is 4.66. The highest BCUT2D eigenvalue weighted by Gasteiger charge is 2.22. The van der Waals surface area contributed by atoms with E-state index >= 15 is 0 Å². The van der Waals surface area contributed by atoms with Gasteiger partial charge in [0.2, 0.25) is 5.91 Å². The van der Waals surface area contributed by atoms with Gasteiger partial charge < -0.3 is 21.5 Å². The van der Waals surface area contributed by atoms with E-state index in [2.05, 4.69) is 10.6 Å². The molecule has 0 aliphatic rings. The first kappa shape index (κ1) is 17.5. The molecule has 0 aliphatic heterocycles. The van der Waals surface area contributed by atoms with Gasteiger partial charge in [0.05, 0.1) is 11.3 Å². The summed E-state index contributed by atoms with van der Waals surface area (Å²) in [5, 5.41) is 24.9. The summed E-state index contributed by atoms with van der Waals surface area (Å²) >= 11 is 0. The first-order valence-corrected chi connectivity index (χ1v) is 6.56.